The lowest BCUT2D eigenvalue weighted by Crippen LogP contribution is -1.93. The van der Waals surface area contributed by atoms with Crippen molar-refractivity contribution in [1.82, 2.24) is 0 Å². The van der Waals surface area contributed by atoms with E-state index in [0.29, 0.717) is 6.42 Å². The summed E-state index contributed by atoms with van der Waals surface area (Å²) >= 11 is 0. The number of aliphatic carboxylic acids is 1. The van der Waals surface area contributed by atoms with Crippen LogP contribution in [0.2, 0.25) is 0 Å². The van der Waals surface area contributed by atoms with Crippen molar-refractivity contribution in [2.24, 2.45) is 0 Å². The van der Waals surface area contributed by atoms with Crippen LogP contribution in [0.5, 0.6) is 0 Å². The quantitative estimate of drug-likeness (QED) is 0.786. The molecule has 2 heteroatoms. The van der Waals surface area contributed by atoms with Crippen LogP contribution in [0.25, 0.3) is 0 Å². The zero-order chi connectivity index (χ0) is 11.8. The largest absolute Gasteiger partial charge is 0.472 e. The Balaban J connectivity index is 2.60. The van der Waals surface area contributed by atoms with Gasteiger partial charge in [-0.15, -0.1) is 0 Å². The predicted molar refractivity (Wildman–Crippen MR) is 64.2 cm³/mol. The molecule has 0 heterocycles. The Kier molecular flexibility index (Phi) is 5.15. The van der Waals surface area contributed by atoms with E-state index in [2.05, 4.69) is 30.9 Å². The van der Waals surface area contributed by atoms with Gasteiger partial charge in [0.25, 0.3) is 0 Å². The van der Waals surface area contributed by atoms with Crippen molar-refractivity contribution in [3.63, 3.8) is 0 Å². The van der Waals surface area contributed by atoms with Crippen molar-refractivity contribution in [1.29, 1.82) is 0 Å². The van der Waals surface area contributed by atoms with Crippen LogP contribution in [-0.4, -0.2) is 11.1 Å². The average Bonchev–Trinajstić information content (AvgIpc) is 2.26. The molecule has 0 fully saturated rings. The van der Waals surface area contributed by atoms with E-state index in [0.717, 1.165) is 19.3 Å². The zero-order valence-electron chi connectivity index (χ0n) is 9.49. The summed E-state index contributed by atoms with van der Waals surface area (Å²) in [6.45, 7) is 2.15. The molecule has 1 aromatic rings. The molecule has 1 aromatic carbocycles. The van der Waals surface area contributed by atoms with Gasteiger partial charge in [0, 0.05) is 12.3 Å². The summed E-state index contributed by atoms with van der Waals surface area (Å²) in [4.78, 5) is 10.2. The van der Waals surface area contributed by atoms with Crippen molar-refractivity contribution < 1.29 is 9.90 Å². The van der Waals surface area contributed by atoms with Gasteiger partial charge in [-0.3, -0.25) is 0 Å². The molecule has 1 N–H and O–H groups in total. The van der Waals surface area contributed by atoms with Gasteiger partial charge in [0.2, 0.25) is 0 Å². The van der Waals surface area contributed by atoms with Gasteiger partial charge in [-0.05, 0) is 24.0 Å². The smallest absolute Gasteiger partial charge is 0.381 e. The van der Waals surface area contributed by atoms with Crippen LogP contribution in [0.3, 0.4) is 0 Å². The maximum atomic E-state index is 10.2. The minimum absolute atomic E-state index is 0.604. The molecule has 0 amide bonds. The molecule has 2 nitrogen and oxygen atoms in total. The van der Waals surface area contributed by atoms with Crippen LogP contribution in [0, 0.1) is 11.8 Å². The lowest BCUT2D eigenvalue weighted by Gasteiger charge is -2.06. The Labute approximate surface area is 96.3 Å². The molecule has 0 aliphatic rings. The minimum Gasteiger partial charge on any atom is -0.472 e. The highest BCUT2D eigenvalue weighted by Gasteiger charge is 1.99. The Morgan fingerprint density at radius 2 is 1.88 bits per heavy atom. The van der Waals surface area contributed by atoms with Gasteiger partial charge < -0.3 is 5.11 Å². The van der Waals surface area contributed by atoms with Gasteiger partial charge in [0.1, 0.15) is 0 Å². The maximum absolute atomic E-state index is 10.2. The highest BCUT2D eigenvalue weighted by Crippen LogP contribution is 2.12. The summed E-state index contributed by atoms with van der Waals surface area (Å²) in [6.07, 6.45) is 3.63. The minimum atomic E-state index is -1.05. The van der Waals surface area contributed by atoms with E-state index in [-0.39, 0.29) is 0 Å². The summed E-state index contributed by atoms with van der Waals surface area (Å²) in [5, 5.41) is 8.38. The SMILES string of the molecule is CCCc1ccccc1CCC#CC(=O)O. The molecule has 0 unspecified atom stereocenters. The molecule has 84 valence electrons. The van der Waals surface area contributed by atoms with Crippen molar-refractivity contribution in [3.05, 3.63) is 35.4 Å². The molecular weight excluding hydrogens is 200 g/mol. The number of carbonyl (C=O) groups is 1. The first-order valence-corrected chi connectivity index (χ1v) is 5.52. The third-order valence-corrected chi connectivity index (χ3v) is 2.35. The predicted octanol–water partition coefficient (Wildman–Crippen LogP) is 2.66. The van der Waals surface area contributed by atoms with E-state index in [1.54, 1.807) is 0 Å². The first kappa shape index (κ1) is 12.3. The highest BCUT2D eigenvalue weighted by atomic mass is 16.4. The molecule has 0 aromatic heterocycles. The summed E-state index contributed by atoms with van der Waals surface area (Å²) < 4.78 is 0. The highest BCUT2D eigenvalue weighted by molar-refractivity contribution is 5.86. The first-order valence-electron chi connectivity index (χ1n) is 5.52. The third kappa shape index (κ3) is 4.18. The van der Waals surface area contributed by atoms with Gasteiger partial charge >= 0.3 is 5.97 Å². The molecule has 0 radical (unpaired) electrons. The van der Waals surface area contributed by atoms with Gasteiger partial charge in [-0.1, -0.05) is 43.5 Å². The Morgan fingerprint density at radius 1 is 1.25 bits per heavy atom. The number of carboxylic acids is 1. The molecule has 0 aliphatic carbocycles. The van der Waals surface area contributed by atoms with E-state index in [1.807, 2.05) is 12.1 Å². The van der Waals surface area contributed by atoms with Crippen LogP contribution in [0.4, 0.5) is 0 Å². The standard InChI is InChI=1S/C14H16O2/c1-2-7-12-8-3-4-9-13(12)10-5-6-11-14(15)16/h3-4,8-9H,2,5,7,10H2,1H3,(H,15,16). The van der Waals surface area contributed by atoms with E-state index < -0.39 is 5.97 Å². The van der Waals surface area contributed by atoms with Crippen molar-refractivity contribution in [2.75, 3.05) is 0 Å². The number of hydrogen-bond donors (Lipinski definition) is 1. The maximum Gasteiger partial charge on any atom is 0.381 e. The van der Waals surface area contributed by atoms with Crippen LogP contribution in [-0.2, 0) is 17.6 Å². The lowest BCUT2D eigenvalue weighted by atomic mass is 10.00. The number of hydrogen-bond acceptors (Lipinski definition) is 1. The van der Waals surface area contributed by atoms with E-state index >= 15 is 0 Å². The monoisotopic (exact) mass is 216 g/mol. The van der Waals surface area contributed by atoms with E-state index in [9.17, 15) is 4.79 Å². The normalized spacial score (nSPS) is 9.31. The van der Waals surface area contributed by atoms with Gasteiger partial charge in [0.05, 0.1) is 0 Å². The molecular formula is C14H16O2. The second kappa shape index (κ2) is 6.68. The topological polar surface area (TPSA) is 37.3 Å². The van der Waals surface area contributed by atoms with E-state index in [4.69, 9.17) is 5.11 Å². The number of rotatable bonds is 4. The van der Waals surface area contributed by atoms with Gasteiger partial charge in [-0.25, -0.2) is 4.79 Å². The molecule has 0 spiro atoms. The lowest BCUT2D eigenvalue weighted by molar-refractivity contribution is -0.130. The van der Waals surface area contributed by atoms with Crippen LogP contribution in [0.1, 0.15) is 30.9 Å². The fourth-order valence-electron chi connectivity index (χ4n) is 1.65. The number of benzene rings is 1. The summed E-state index contributed by atoms with van der Waals surface area (Å²) in [6, 6.07) is 8.27. The van der Waals surface area contributed by atoms with Crippen LogP contribution >= 0.6 is 0 Å². The molecule has 0 saturated carbocycles. The fourth-order valence-corrected chi connectivity index (χ4v) is 1.65. The van der Waals surface area contributed by atoms with Crippen LogP contribution < -0.4 is 0 Å². The van der Waals surface area contributed by atoms with Crippen molar-refractivity contribution in [3.8, 4) is 11.8 Å². The summed E-state index contributed by atoms with van der Waals surface area (Å²) in [5.74, 6) is 3.73. The van der Waals surface area contributed by atoms with Crippen LogP contribution in [0.15, 0.2) is 24.3 Å². The van der Waals surface area contributed by atoms with Crippen molar-refractivity contribution >= 4 is 5.97 Å². The van der Waals surface area contributed by atoms with Crippen molar-refractivity contribution in [2.45, 2.75) is 32.6 Å². The molecule has 0 bridgehead atoms. The number of aryl methyl sites for hydroxylation is 2. The zero-order valence-corrected chi connectivity index (χ0v) is 9.49. The Hall–Kier alpha value is -1.75. The second-order valence-corrected chi connectivity index (χ2v) is 3.63. The summed E-state index contributed by atoms with van der Waals surface area (Å²) in [7, 11) is 0. The fraction of sp³-hybridized carbons (Fsp3) is 0.357. The van der Waals surface area contributed by atoms with Gasteiger partial charge in [-0.2, -0.15) is 0 Å². The Bertz CT molecular complexity index is 410. The number of carboxylic acid groups (broad SMARTS) is 1. The molecule has 0 aliphatic heterocycles. The van der Waals surface area contributed by atoms with E-state index in [1.165, 1.54) is 11.1 Å². The molecule has 1 rings (SSSR count). The second-order valence-electron chi connectivity index (χ2n) is 3.63. The molecule has 0 atom stereocenters. The summed E-state index contributed by atoms with van der Waals surface area (Å²) in [5.41, 5.74) is 2.63. The molecule has 0 saturated heterocycles. The van der Waals surface area contributed by atoms with Gasteiger partial charge in [0.15, 0.2) is 0 Å². The molecule has 16 heavy (non-hydrogen) atoms. The first-order chi connectivity index (χ1) is 7.74. The average molecular weight is 216 g/mol. The Morgan fingerprint density at radius 3 is 2.44 bits per heavy atom. The third-order valence-electron chi connectivity index (χ3n) is 2.35.